The monoisotopic (exact) mass is 476 g/mol. The van der Waals surface area contributed by atoms with Crippen LogP contribution in [0, 0.1) is 12.8 Å². The number of carbonyl (C=O) groups excluding carboxylic acids is 2. The Balaban J connectivity index is 1.64. The Kier molecular flexibility index (Phi) is 8.53. The van der Waals surface area contributed by atoms with Crippen LogP contribution >= 0.6 is 0 Å². The van der Waals surface area contributed by atoms with Crippen molar-refractivity contribution in [3.05, 3.63) is 53.1 Å². The zero-order valence-electron chi connectivity index (χ0n) is 21.6. The first-order chi connectivity index (χ1) is 16.9. The first-order valence-electron chi connectivity index (χ1n) is 13.4. The quantitative estimate of drug-likeness (QED) is 0.540. The highest BCUT2D eigenvalue weighted by atomic mass is 16.2. The summed E-state index contributed by atoms with van der Waals surface area (Å²) in [6.07, 6.45) is 11.1. The van der Waals surface area contributed by atoms with Crippen molar-refractivity contribution >= 4 is 17.5 Å². The van der Waals surface area contributed by atoms with Crippen molar-refractivity contribution in [3.8, 4) is 0 Å². The van der Waals surface area contributed by atoms with Gasteiger partial charge in [-0.1, -0.05) is 57.7 Å². The Bertz CT molecular complexity index is 1030. The van der Waals surface area contributed by atoms with Gasteiger partial charge in [0.15, 0.2) is 0 Å². The van der Waals surface area contributed by atoms with Crippen LogP contribution < -0.4 is 4.90 Å². The van der Waals surface area contributed by atoms with Gasteiger partial charge in [0.1, 0.15) is 5.82 Å². The number of aryl methyl sites for hydroxylation is 1. The first-order valence-corrected chi connectivity index (χ1v) is 13.4. The highest BCUT2D eigenvalue weighted by Gasteiger charge is 2.28. The van der Waals surface area contributed by atoms with Gasteiger partial charge in [0.2, 0.25) is 5.91 Å². The van der Waals surface area contributed by atoms with Crippen molar-refractivity contribution in [3.63, 3.8) is 0 Å². The molecule has 1 fully saturated rings. The van der Waals surface area contributed by atoms with Gasteiger partial charge in [-0.15, -0.1) is 0 Å². The zero-order chi connectivity index (χ0) is 24.8. The molecule has 0 saturated heterocycles. The second-order valence-corrected chi connectivity index (χ2v) is 10.6. The lowest BCUT2D eigenvalue weighted by Crippen LogP contribution is -2.36. The molecule has 2 heterocycles. The molecule has 0 radical (unpaired) electrons. The fourth-order valence-electron chi connectivity index (χ4n) is 4.89. The molecule has 0 spiro atoms. The average molecular weight is 477 g/mol. The zero-order valence-corrected chi connectivity index (χ0v) is 21.6. The Morgan fingerprint density at radius 1 is 1.00 bits per heavy atom. The molecule has 4 rings (SSSR count). The number of rotatable bonds is 4. The molecule has 0 bridgehead atoms. The van der Waals surface area contributed by atoms with Gasteiger partial charge in [-0.25, -0.2) is 9.97 Å². The van der Waals surface area contributed by atoms with Gasteiger partial charge in [-0.3, -0.25) is 9.59 Å². The number of carbonyl (C=O) groups is 2. The van der Waals surface area contributed by atoms with Crippen molar-refractivity contribution in [2.24, 2.45) is 5.92 Å². The predicted molar refractivity (Wildman–Crippen MR) is 139 cm³/mol. The normalized spacial score (nSPS) is 17.8. The summed E-state index contributed by atoms with van der Waals surface area (Å²) in [4.78, 5) is 40.1. The molecule has 1 saturated carbocycles. The molecule has 1 aromatic heterocycles. The van der Waals surface area contributed by atoms with Gasteiger partial charge >= 0.3 is 0 Å². The highest BCUT2D eigenvalue weighted by molar-refractivity contribution is 5.96. The molecule has 1 aliphatic heterocycles. The molecule has 6 nitrogen and oxygen atoms in total. The number of amides is 2. The molecular formula is C29H40N4O2. The SMILES string of the molecule is Cc1nc(C2CC2)ncc1C(=O)N1CCCCCCCCN(C(=O)CC(C)C)c2ccccc2C1. The fraction of sp³-hybridized carbons (Fsp3) is 0.586. The third-order valence-corrected chi connectivity index (χ3v) is 7.05. The lowest BCUT2D eigenvalue weighted by molar-refractivity contribution is -0.119. The number of aromatic nitrogens is 2. The number of nitrogens with zero attached hydrogens (tertiary/aromatic N) is 4. The third-order valence-electron chi connectivity index (χ3n) is 7.05. The van der Waals surface area contributed by atoms with Gasteiger partial charge < -0.3 is 9.80 Å². The molecular weight excluding hydrogens is 436 g/mol. The van der Waals surface area contributed by atoms with Crippen LogP contribution in [0.3, 0.4) is 0 Å². The molecule has 0 unspecified atom stereocenters. The molecule has 1 aromatic carbocycles. The van der Waals surface area contributed by atoms with Crippen LogP contribution in [0.15, 0.2) is 30.5 Å². The Hall–Kier alpha value is -2.76. The molecule has 1 aliphatic carbocycles. The number of fused-ring (bicyclic) bond motifs is 1. The molecule has 0 N–H and O–H groups in total. The summed E-state index contributed by atoms with van der Waals surface area (Å²) in [5.41, 5.74) is 3.30. The minimum atomic E-state index is -0.0189. The summed E-state index contributed by atoms with van der Waals surface area (Å²) in [6.45, 7) is 7.99. The molecule has 2 aliphatic rings. The number of hydrogen-bond acceptors (Lipinski definition) is 4. The van der Waals surface area contributed by atoms with E-state index in [2.05, 4.69) is 29.9 Å². The van der Waals surface area contributed by atoms with Crippen LogP contribution in [-0.4, -0.2) is 39.8 Å². The van der Waals surface area contributed by atoms with Crippen LogP contribution in [-0.2, 0) is 11.3 Å². The summed E-state index contributed by atoms with van der Waals surface area (Å²) in [5.74, 6) is 1.78. The van der Waals surface area contributed by atoms with Gasteiger partial charge in [0, 0.05) is 43.9 Å². The van der Waals surface area contributed by atoms with E-state index >= 15 is 0 Å². The minimum absolute atomic E-state index is 0.0189. The standard InChI is InChI=1S/C29H40N4O2/c1-21(2)18-27(34)33-17-11-7-5-4-6-10-16-32(20-24-12-8-9-13-26(24)33)29(35)25-19-30-28(23-14-15-23)31-22(25)3/h8-9,12-13,19,21,23H,4-7,10-11,14-18,20H2,1-3H3. The lowest BCUT2D eigenvalue weighted by Gasteiger charge is -2.29. The third kappa shape index (κ3) is 6.68. The molecule has 35 heavy (non-hydrogen) atoms. The second kappa shape index (κ2) is 11.8. The van der Waals surface area contributed by atoms with Gasteiger partial charge in [-0.05, 0) is 50.2 Å². The predicted octanol–water partition coefficient (Wildman–Crippen LogP) is 6.04. The fourth-order valence-corrected chi connectivity index (χ4v) is 4.89. The van der Waals surface area contributed by atoms with Crippen molar-refractivity contribution in [1.29, 1.82) is 0 Å². The molecule has 2 amide bonds. The van der Waals surface area contributed by atoms with E-state index in [4.69, 9.17) is 0 Å². The lowest BCUT2D eigenvalue weighted by atomic mass is 10.1. The summed E-state index contributed by atoms with van der Waals surface area (Å²) in [7, 11) is 0. The van der Waals surface area contributed by atoms with E-state index in [0.717, 1.165) is 80.7 Å². The molecule has 6 heteroatoms. The van der Waals surface area contributed by atoms with Crippen molar-refractivity contribution in [1.82, 2.24) is 14.9 Å². The number of benzene rings is 1. The number of anilines is 1. The molecule has 0 atom stereocenters. The minimum Gasteiger partial charge on any atom is -0.334 e. The molecule has 188 valence electrons. The average Bonchev–Trinajstić information content (AvgIpc) is 3.67. The van der Waals surface area contributed by atoms with Gasteiger partial charge in [-0.2, -0.15) is 0 Å². The smallest absolute Gasteiger partial charge is 0.257 e. The Labute approximate surface area is 210 Å². The van der Waals surface area contributed by atoms with Crippen LogP contribution in [0.5, 0.6) is 0 Å². The largest absolute Gasteiger partial charge is 0.334 e. The van der Waals surface area contributed by atoms with E-state index in [1.807, 2.05) is 34.9 Å². The van der Waals surface area contributed by atoms with Crippen LogP contribution in [0.25, 0.3) is 0 Å². The van der Waals surface area contributed by atoms with Crippen molar-refractivity contribution in [2.45, 2.75) is 91.0 Å². The van der Waals surface area contributed by atoms with Crippen molar-refractivity contribution in [2.75, 3.05) is 18.0 Å². The summed E-state index contributed by atoms with van der Waals surface area (Å²) < 4.78 is 0. The summed E-state index contributed by atoms with van der Waals surface area (Å²) >= 11 is 0. The molecule has 2 aromatic rings. The second-order valence-electron chi connectivity index (χ2n) is 10.6. The van der Waals surface area contributed by atoms with E-state index in [0.29, 0.717) is 36.9 Å². The summed E-state index contributed by atoms with van der Waals surface area (Å²) in [6, 6.07) is 8.09. The first kappa shape index (κ1) is 25.3. The van der Waals surface area contributed by atoms with E-state index in [1.165, 1.54) is 0 Å². The van der Waals surface area contributed by atoms with Crippen LogP contribution in [0.2, 0.25) is 0 Å². The van der Waals surface area contributed by atoms with E-state index in [-0.39, 0.29) is 11.8 Å². The van der Waals surface area contributed by atoms with Crippen LogP contribution in [0.1, 0.15) is 105 Å². The topological polar surface area (TPSA) is 66.4 Å². The maximum absolute atomic E-state index is 13.7. The van der Waals surface area contributed by atoms with E-state index in [1.54, 1.807) is 6.20 Å². The van der Waals surface area contributed by atoms with Crippen LogP contribution in [0.4, 0.5) is 5.69 Å². The Morgan fingerprint density at radius 2 is 1.69 bits per heavy atom. The maximum atomic E-state index is 13.7. The van der Waals surface area contributed by atoms with Crippen molar-refractivity contribution < 1.29 is 9.59 Å². The van der Waals surface area contributed by atoms with Gasteiger partial charge in [0.25, 0.3) is 5.91 Å². The highest BCUT2D eigenvalue weighted by Crippen LogP contribution is 2.38. The summed E-state index contributed by atoms with van der Waals surface area (Å²) in [5, 5.41) is 0. The van der Waals surface area contributed by atoms with E-state index in [9.17, 15) is 9.59 Å². The maximum Gasteiger partial charge on any atom is 0.257 e. The number of hydrogen-bond donors (Lipinski definition) is 0. The van der Waals surface area contributed by atoms with E-state index < -0.39 is 0 Å². The number of para-hydroxylation sites is 1. The van der Waals surface area contributed by atoms with Gasteiger partial charge in [0.05, 0.1) is 11.3 Å². The Morgan fingerprint density at radius 3 is 2.37 bits per heavy atom.